The van der Waals surface area contributed by atoms with Gasteiger partial charge >= 0.3 is 6.18 Å². The Hall–Kier alpha value is -3.50. The van der Waals surface area contributed by atoms with Crippen molar-refractivity contribution in [2.75, 3.05) is 0 Å². The van der Waals surface area contributed by atoms with Gasteiger partial charge in [0.2, 0.25) is 11.3 Å². The third-order valence-corrected chi connectivity index (χ3v) is 4.28. The van der Waals surface area contributed by atoms with Crippen LogP contribution in [0, 0.1) is 6.92 Å². The number of nitrogens with one attached hydrogen (secondary N) is 1. The number of carbonyl (C=O) groups excluding carboxylic acids is 1. The molecule has 0 aliphatic heterocycles. The highest BCUT2D eigenvalue weighted by Gasteiger charge is 2.34. The van der Waals surface area contributed by atoms with Crippen LogP contribution >= 0.6 is 0 Å². The van der Waals surface area contributed by atoms with Gasteiger partial charge in [-0.25, -0.2) is 4.68 Å². The SMILES string of the molecule is Cc1cc(=O)c(C(=O)NCc2noc(C(C)(C)C)n2)nn1-c1ccccc1C(F)(F)F. The first-order valence-corrected chi connectivity index (χ1v) is 9.27. The van der Waals surface area contributed by atoms with Crippen LogP contribution < -0.4 is 10.7 Å². The van der Waals surface area contributed by atoms with Gasteiger partial charge in [0.15, 0.2) is 11.5 Å². The van der Waals surface area contributed by atoms with Gasteiger partial charge in [-0.2, -0.15) is 23.3 Å². The maximum atomic E-state index is 13.4. The number of aryl methyl sites for hydroxylation is 1. The van der Waals surface area contributed by atoms with E-state index in [0.717, 1.165) is 16.8 Å². The number of amides is 1. The summed E-state index contributed by atoms with van der Waals surface area (Å²) in [4.78, 5) is 29.0. The van der Waals surface area contributed by atoms with Gasteiger partial charge in [0.1, 0.15) is 0 Å². The Labute approximate surface area is 175 Å². The van der Waals surface area contributed by atoms with E-state index < -0.39 is 28.8 Å². The summed E-state index contributed by atoms with van der Waals surface area (Å²) in [5.41, 5.74) is -2.75. The predicted molar refractivity (Wildman–Crippen MR) is 104 cm³/mol. The van der Waals surface area contributed by atoms with E-state index in [1.54, 1.807) is 0 Å². The molecule has 31 heavy (non-hydrogen) atoms. The predicted octanol–water partition coefficient (Wildman–Crippen LogP) is 3.17. The second-order valence-electron chi connectivity index (χ2n) is 7.87. The van der Waals surface area contributed by atoms with E-state index in [0.29, 0.717) is 5.89 Å². The summed E-state index contributed by atoms with van der Waals surface area (Å²) >= 11 is 0. The Morgan fingerprint density at radius 2 is 1.87 bits per heavy atom. The van der Waals surface area contributed by atoms with Gasteiger partial charge in [0, 0.05) is 17.2 Å². The molecule has 11 heteroatoms. The monoisotopic (exact) mass is 435 g/mol. The number of hydrogen-bond donors (Lipinski definition) is 1. The molecule has 1 aromatic carbocycles. The maximum Gasteiger partial charge on any atom is 0.418 e. The number of alkyl halides is 3. The van der Waals surface area contributed by atoms with Crippen molar-refractivity contribution in [1.29, 1.82) is 0 Å². The molecular weight excluding hydrogens is 415 g/mol. The second kappa shape index (κ2) is 7.97. The zero-order valence-electron chi connectivity index (χ0n) is 17.2. The quantitative estimate of drug-likeness (QED) is 0.675. The van der Waals surface area contributed by atoms with Crippen molar-refractivity contribution in [3.05, 3.63) is 69.2 Å². The lowest BCUT2D eigenvalue weighted by molar-refractivity contribution is -0.137. The topological polar surface area (TPSA) is 103 Å². The van der Waals surface area contributed by atoms with E-state index in [9.17, 15) is 22.8 Å². The molecule has 1 amide bonds. The number of hydrogen-bond acceptors (Lipinski definition) is 6. The summed E-state index contributed by atoms with van der Waals surface area (Å²) < 4.78 is 46.2. The van der Waals surface area contributed by atoms with Crippen molar-refractivity contribution in [3.8, 4) is 5.69 Å². The third kappa shape index (κ3) is 4.81. The van der Waals surface area contributed by atoms with Crippen LogP contribution in [0.1, 0.15) is 54.2 Å². The minimum Gasteiger partial charge on any atom is -0.343 e. The van der Waals surface area contributed by atoms with Crippen molar-refractivity contribution in [3.63, 3.8) is 0 Å². The van der Waals surface area contributed by atoms with Crippen molar-refractivity contribution >= 4 is 5.91 Å². The van der Waals surface area contributed by atoms with Gasteiger partial charge in [-0.05, 0) is 19.1 Å². The minimum absolute atomic E-state index is 0.145. The largest absolute Gasteiger partial charge is 0.418 e. The fourth-order valence-electron chi connectivity index (χ4n) is 2.72. The number of rotatable bonds is 4. The number of aromatic nitrogens is 4. The lowest BCUT2D eigenvalue weighted by Crippen LogP contribution is -2.32. The van der Waals surface area contributed by atoms with Crippen molar-refractivity contribution in [1.82, 2.24) is 25.2 Å². The molecule has 1 N–H and O–H groups in total. The Morgan fingerprint density at radius 1 is 1.19 bits per heavy atom. The van der Waals surface area contributed by atoms with E-state index >= 15 is 0 Å². The fourth-order valence-corrected chi connectivity index (χ4v) is 2.72. The van der Waals surface area contributed by atoms with E-state index in [-0.39, 0.29) is 29.2 Å². The molecule has 3 aromatic rings. The Bertz CT molecular complexity index is 1180. The first kappa shape index (κ1) is 22.2. The number of para-hydroxylation sites is 1. The van der Waals surface area contributed by atoms with Crippen LogP contribution in [0.5, 0.6) is 0 Å². The molecule has 2 heterocycles. The zero-order valence-corrected chi connectivity index (χ0v) is 17.2. The van der Waals surface area contributed by atoms with Crippen LogP contribution in [0.25, 0.3) is 5.69 Å². The molecule has 3 rings (SSSR count). The van der Waals surface area contributed by atoms with Gasteiger partial charge in [-0.1, -0.05) is 38.1 Å². The third-order valence-electron chi connectivity index (χ3n) is 4.28. The molecular formula is C20H20F3N5O3. The fraction of sp³-hybridized carbons (Fsp3) is 0.350. The highest BCUT2D eigenvalue weighted by Crippen LogP contribution is 2.33. The average Bonchev–Trinajstić information content (AvgIpc) is 3.15. The van der Waals surface area contributed by atoms with Crippen molar-refractivity contribution in [2.45, 2.75) is 45.8 Å². The number of benzene rings is 1. The Balaban J connectivity index is 1.91. The number of carbonyl (C=O) groups is 1. The number of halogens is 3. The van der Waals surface area contributed by atoms with Gasteiger partial charge in [-0.3, -0.25) is 9.59 Å². The highest BCUT2D eigenvalue weighted by molar-refractivity contribution is 5.91. The van der Waals surface area contributed by atoms with Gasteiger partial charge in [0.25, 0.3) is 5.91 Å². The van der Waals surface area contributed by atoms with Gasteiger partial charge in [-0.15, -0.1) is 0 Å². The molecule has 0 aliphatic rings. The lowest BCUT2D eigenvalue weighted by atomic mass is 9.97. The molecule has 0 saturated carbocycles. The van der Waals surface area contributed by atoms with Gasteiger partial charge in [0.05, 0.1) is 17.8 Å². The number of nitrogens with zero attached hydrogens (tertiary/aromatic N) is 4. The summed E-state index contributed by atoms with van der Waals surface area (Å²) in [6.45, 7) is 6.91. The van der Waals surface area contributed by atoms with Crippen molar-refractivity contribution in [2.24, 2.45) is 0 Å². The molecule has 0 aliphatic carbocycles. The van der Waals surface area contributed by atoms with Crippen LogP contribution in [0.2, 0.25) is 0 Å². The molecule has 0 bridgehead atoms. The Morgan fingerprint density at radius 3 is 2.48 bits per heavy atom. The smallest absolute Gasteiger partial charge is 0.343 e. The Kier molecular flexibility index (Phi) is 5.70. The van der Waals surface area contributed by atoms with E-state index in [2.05, 4.69) is 20.6 Å². The van der Waals surface area contributed by atoms with Crippen molar-refractivity contribution < 1.29 is 22.5 Å². The van der Waals surface area contributed by atoms with Crippen LogP contribution in [0.4, 0.5) is 13.2 Å². The summed E-state index contributed by atoms with van der Waals surface area (Å²) in [7, 11) is 0. The van der Waals surface area contributed by atoms with Gasteiger partial charge < -0.3 is 9.84 Å². The molecule has 8 nitrogen and oxygen atoms in total. The molecule has 0 fully saturated rings. The standard InChI is InChI=1S/C20H20F3N5O3/c1-11-9-14(29)16(17(30)24-10-15-25-18(31-27-15)19(2,3)4)26-28(11)13-8-6-5-7-12(13)20(21,22)23/h5-9H,10H2,1-4H3,(H,24,30). The molecule has 2 aromatic heterocycles. The van der Waals surface area contributed by atoms with Crippen LogP contribution in [-0.2, 0) is 18.1 Å². The van der Waals surface area contributed by atoms with E-state index in [1.165, 1.54) is 25.1 Å². The average molecular weight is 435 g/mol. The molecule has 0 saturated heterocycles. The summed E-state index contributed by atoms with van der Waals surface area (Å²) in [6, 6.07) is 5.82. The molecule has 164 valence electrons. The molecule has 0 radical (unpaired) electrons. The van der Waals surface area contributed by atoms with Crippen LogP contribution in [0.15, 0.2) is 39.6 Å². The summed E-state index contributed by atoms with van der Waals surface area (Å²) in [5, 5.41) is 10.1. The maximum absolute atomic E-state index is 13.4. The lowest BCUT2D eigenvalue weighted by Gasteiger charge is -2.16. The minimum atomic E-state index is -4.64. The molecule has 0 atom stereocenters. The first-order chi connectivity index (χ1) is 14.4. The highest BCUT2D eigenvalue weighted by atomic mass is 19.4. The van der Waals surface area contributed by atoms with E-state index in [1.807, 2.05) is 20.8 Å². The van der Waals surface area contributed by atoms with E-state index in [4.69, 9.17) is 4.52 Å². The van der Waals surface area contributed by atoms with Crippen LogP contribution in [0.3, 0.4) is 0 Å². The second-order valence-corrected chi connectivity index (χ2v) is 7.87. The molecule has 0 unspecified atom stereocenters. The summed E-state index contributed by atoms with van der Waals surface area (Å²) in [6.07, 6.45) is -4.64. The first-order valence-electron chi connectivity index (χ1n) is 9.27. The zero-order chi connectivity index (χ0) is 23.0. The normalized spacial score (nSPS) is 12.1. The summed E-state index contributed by atoms with van der Waals surface area (Å²) in [5.74, 6) is -0.310. The van der Waals surface area contributed by atoms with Crippen LogP contribution in [-0.4, -0.2) is 25.8 Å². The molecule has 0 spiro atoms.